The number of ether oxygens (including phenoxy) is 1. The summed E-state index contributed by atoms with van der Waals surface area (Å²) in [5.41, 5.74) is 3.15. The molecule has 2 aromatic carbocycles. The molecule has 35 heavy (non-hydrogen) atoms. The minimum Gasteiger partial charge on any atom is -0.497 e. The molecule has 0 radical (unpaired) electrons. The Morgan fingerprint density at radius 3 is 2.69 bits per heavy atom. The van der Waals surface area contributed by atoms with E-state index in [0.717, 1.165) is 10.4 Å². The molecule has 0 aliphatic carbocycles. The number of benzene rings is 2. The number of methoxy groups -OCH3 is 1. The molecule has 2 heterocycles. The third-order valence-corrected chi connectivity index (χ3v) is 8.16. The van der Waals surface area contributed by atoms with Gasteiger partial charge in [0.15, 0.2) is 5.82 Å². The Hall–Kier alpha value is -3.38. The van der Waals surface area contributed by atoms with Crippen molar-refractivity contribution in [3.05, 3.63) is 64.2 Å². The van der Waals surface area contributed by atoms with Gasteiger partial charge in [0.2, 0.25) is 0 Å². The summed E-state index contributed by atoms with van der Waals surface area (Å²) in [6, 6.07) is 9.19. The van der Waals surface area contributed by atoms with Crippen molar-refractivity contribution in [2.75, 3.05) is 29.8 Å². The van der Waals surface area contributed by atoms with Crippen LogP contribution < -0.4 is 14.4 Å². The van der Waals surface area contributed by atoms with Gasteiger partial charge in [-0.2, -0.15) is 0 Å². The summed E-state index contributed by atoms with van der Waals surface area (Å²) in [5.74, 6) is -0.0683. The first-order valence-corrected chi connectivity index (χ1v) is 13.2. The van der Waals surface area contributed by atoms with E-state index in [4.69, 9.17) is 9.84 Å². The molecule has 1 aliphatic heterocycles. The molecule has 3 aromatic rings. The van der Waals surface area contributed by atoms with Gasteiger partial charge in [-0.05, 0) is 48.7 Å². The highest BCUT2D eigenvalue weighted by Gasteiger charge is 2.31. The lowest BCUT2D eigenvalue weighted by Crippen LogP contribution is -2.32. The maximum absolute atomic E-state index is 15.3. The van der Waals surface area contributed by atoms with Crippen LogP contribution >= 0.6 is 11.3 Å². The number of aromatic nitrogens is 1. The van der Waals surface area contributed by atoms with Gasteiger partial charge in [0, 0.05) is 30.2 Å². The molecule has 4 rings (SSSR count). The average Bonchev–Trinajstić information content (AvgIpc) is 3.52. The van der Waals surface area contributed by atoms with Crippen molar-refractivity contribution in [3.8, 4) is 5.75 Å². The highest BCUT2D eigenvalue weighted by molar-refractivity contribution is 7.92. The number of hydrogen-bond acceptors (Lipinski definition) is 7. The molecule has 1 aromatic heterocycles. The lowest BCUT2D eigenvalue weighted by Gasteiger charge is -2.24. The van der Waals surface area contributed by atoms with Crippen molar-refractivity contribution < 1.29 is 27.4 Å². The zero-order chi connectivity index (χ0) is 25.2. The number of carboxylic acid groups (broad SMARTS) is 1. The monoisotopic (exact) mass is 520 g/mol. The summed E-state index contributed by atoms with van der Waals surface area (Å²) < 4.78 is 48.8. The summed E-state index contributed by atoms with van der Waals surface area (Å²) in [6.07, 6.45) is -0.426. The van der Waals surface area contributed by atoms with Crippen molar-refractivity contribution in [2.45, 2.75) is 30.8 Å². The predicted octanol–water partition coefficient (Wildman–Crippen LogP) is 4.16. The zero-order valence-corrected chi connectivity index (χ0v) is 20.8. The molecule has 1 atom stereocenters. The number of rotatable bonds is 8. The van der Waals surface area contributed by atoms with Gasteiger partial charge in [0.25, 0.3) is 10.0 Å². The van der Waals surface area contributed by atoms with E-state index in [2.05, 4.69) is 10.3 Å². The average molecular weight is 521 g/mol. The molecule has 1 aliphatic rings. The Morgan fingerprint density at radius 2 is 2.09 bits per heavy atom. The summed E-state index contributed by atoms with van der Waals surface area (Å²) in [5, 5.41) is 13.9. The fourth-order valence-electron chi connectivity index (χ4n) is 3.91. The molecular weight excluding hydrogens is 495 g/mol. The van der Waals surface area contributed by atoms with Crippen molar-refractivity contribution in [1.29, 1.82) is 0 Å². The number of nitrogens with one attached hydrogen (secondary N) is 1. The van der Waals surface area contributed by atoms with Gasteiger partial charge in [-0.1, -0.05) is 12.1 Å². The summed E-state index contributed by atoms with van der Waals surface area (Å²) in [7, 11) is -2.76. The van der Waals surface area contributed by atoms with Crippen LogP contribution in [-0.4, -0.2) is 55.7 Å². The van der Waals surface area contributed by atoms with Crippen LogP contribution in [0.3, 0.4) is 0 Å². The highest BCUT2D eigenvalue weighted by Crippen LogP contribution is 2.31. The van der Waals surface area contributed by atoms with Crippen LogP contribution in [-0.2, 0) is 16.6 Å². The van der Waals surface area contributed by atoms with Crippen molar-refractivity contribution in [1.82, 2.24) is 9.88 Å². The third-order valence-electron chi connectivity index (χ3n) is 5.83. The van der Waals surface area contributed by atoms with E-state index in [1.807, 2.05) is 0 Å². The van der Waals surface area contributed by atoms with Crippen molar-refractivity contribution in [2.24, 2.45) is 0 Å². The molecule has 1 fully saturated rings. The van der Waals surface area contributed by atoms with Crippen molar-refractivity contribution in [3.63, 3.8) is 0 Å². The van der Waals surface area contributed by atoms with Crippen molar-refractivity contribution >= 4 is 39.0 Å². The van der Waals surface area contributed by atoms with Gasteiger partial charge in [-0.25, -0.2) is 26.9 Å². The quantitative estimate of drug-likeness (QED) is 0.459. The normalized spacial score (nSPS) is 15.7. The minimum atomic E-state index is -4.30. The molecule has 12 heteroatoms. The van der Waals surface area contributed by atoms with E-state index >= 15 is 4.39 Å². The summed E-state index contributed by atoms with van der Waals surface area (Å²) in [4.78, 5) is 16.1. The first-order valence-electron chi connectivity index (χ1n) is 10.8. The van der Waals surface area contributed by atoms with Gasteiger partial charge in [0.05, 0.1) is 19.2 Å². The second kappa shape index (κ2) is 10.1. The number of hydrogen-bond donors (Lipinski definition) is 2. The number of sulfonamides is 1. The molecule has 0 spiro atoms. The van der Waals surface area contributed by atoms with Gasteiger partial charge in [-0.15, -0.1) is 11.3 Å². The minimum absolute atomic E-state index is 0.0400. The SMILES string of the molecule is COc1ccc(CN(c2cscn2)S(=O)(=O)c2cc(C)c(N[C@H]3CCN(C(=O)O)C3)cc2F)cc1. The Balaban J connectivity index is 1.63. The van der Waals surface area contributed by atoms with E-state index in [1.165, 1.54) is 27.8 Å². The van der Waals surface area contributed by atoms with Crippen LogP contribution in [0, 0.1) is 12.7 Å². The first-order chi connectivity index (χ1) is 16.7. The molecule has 0 saturated carbocycles. The van der Waals surface area contributed by atoms with Gasteiger partial charge in [0.1, 0.15) is 16.5 Å². The summed E-state index contributed by atoms with van der Waals surface area (Å²) >= 11 is 1.24. The first kappa shape index (κ1) is 24.7. The van der Waals surface area contributed by atoms with Gasteiger partial charge < -0.3 is 20.1 Å². The number of aryl methyl sites for hydroxylation is 1. The zero-order valence-electron chi connectivity index (χ0n) is 19.1. The Labute approximate surface area is 206 Å². The van der Waals surface area contributed by atoms with E-state index in [-0.39, 0.29) is 24.9 Å². The molecular formula is C23H25FN4O5S2. The van der Waals surface area contributed by atoms with Crippen LogP contribution in [0.15, 0.2) is 52.2 Å². The van der Waals surface area contributed by atoms with Gasteiger partial charge >= 0.3 is 6.09 Å². The smallest absolute Gasteiger partial charge is 0.407 e. The predicted molar refractivity (Wildman–Crippen MR) is 131 cm³/mol. The molecule has 1 amide bonds. The number of nitrogens with zero attached hydrogens (tertiary/aromatic N) is 3. The summed E-state index contributed by atoms with van der Waals surface area (Å²) in [6.45, 7) is 2.30. The lowest BCUT2D eigenvalue weighted by atomic mass is 10.1. The molecule has 9 nitrogen and oxygen atoms in total. The Morgan fingerprint density at radius 1 is 1.34 bits per heavy atom. The second-order valence-corrected chi connectivity index (χ2v) is 10.7. The maximum atomic E-state index is 15.3. The van der Waals surface area contributed by atoms with Gasteiger partial charge in [-0.3, -0.25) is 0 Å². The standard InChI is InChI=1S/C23H25FN4O5S2/c1-15-9-21(19(24)10-20(15)26-17-7-8-27(12-17)23(29)30)35(31,32)28(22-13-34-14-25-22)11-16-3-5-18(33-2)6-4-16/h3-6,9-10,13-14,17,26H,7-8,11-12H2,1-2H3,(H,29,30)/t17-/m0/s1. The number of likely N-dealkylation sites (tertiary alicyclic amines) is 1. The molecule has 0 unspecified atom stereocenters. The number of halogens is 1. The topological polar surface area (TPSA) is 112 Å². The van der Waals surface area contributed by atoms with E-state index in [1.54, 1.807) is 43.7 Å². The fourth-order valence-corrected chi connectivity index (χ4v) is 6.05. The Kier molecular flexibility index (Phi) is 7.13. The van der Waals surface area contributed by atoms with Crippen LogP contribution in [0.5, 0.6) is 5.75 Å². The van der Waals surface area contributed by atoms with Crippen LogP contribution in [0.25, 0.3) is 0 Å². The maximum Gasteiger partial charge on any atom is 0.407 e. The lowest BCUT2D eigenvalue weighted by molar-refractivity contribution is 0.155. The molecule has 2 N–H and O–H groups in total. The third kappa shape index (κ3) is 5.33. The number of anilines is 2. The van der Waals surface area contributed by atoms with E-state index in [0.29, 0.717) is 35.5 Å². The number of amides is 1. The Bertz CT molecular complexity index is 1300. The highest BCUT2D eigenvalue weighted by atomic mass is 32.2. The molecule has 186 valence electrons. The fraction of sp³-hybridized carbons (Fsp3) is 0.304. The number of thiazole rings is 1. The molecule has 0 bridgehead atoms. The van der Waals surface area contributed by atoms with Crippen LogP contribution in [0.2, 0.25) is 0 Å². The van der Waals surface area contributed by atoms with Crippen LogP contribution in [0.1, 0.15) is 17.5 Å². The molecule has 1 saturated heterocycles. The van der Waals surface area contributed by atoms with E-state index < -0.39 is 26.8 Å². The second-order valence-electron chi connectivity index (χ2n) is 8.16. The van der Waals surface area contributed by atoms with Crippen LogP contribution in [0.4, 0.5) is 20.7 Å². The number of carbonyl (C=O) groups is 1. The largest absolute Gasteiger partial charge is 0.497 e. The van der Waals surface area contributed by atoms with E-state index in [9.17, 15) is 13.2 Å².